The molecule has 6 heteroatoms. The van der Waals surface area contributed by atoms with Gasteiger partial charge in [-0.25, -0.2) is 0 Å². The molecule has 0 saturated carbocycles. The molecule has 0 radical (unpaired) electrons. The summed E-state index contributed by atoms with van der Waals surface area (Å²) in [7, 11) is -5.00. The van der Waals surface area contributed by atoms with Crippen LogP contribution >= 0.6 is 0 Å². The molecule has 2 aliphatic rings. The molecule has 0 amide bonds. The van der Waals surface area contributed by atoms with Gasteiger partial charge in [0.25, 0.3) is 0 Å². The van der Waals surface area contributed by atoms with E-state index >= 15 is 0 Å². The van der Waals surface area contributed by atoms with E-state index in [1.54, 1.807) is 10.4 Å². The summed E-state index contributed by atoms with van der Waals surface area (Å²) in [6, 6.07) is 58.8. The number of hydrogen-bond acceptors (Lipinski definition) is 4. The molecule has 70 heavy (non-hydrogen) atoms. The maximum atomic E-state index is 7.25. The van der Waals surface area contributed by atoms with E-state index in [0.717, 1.165) is 43.9 Å². The van der Waals surface area contributed by atoms with Crippen molar-refractivity contribution in [2.24, 2.45) is 0 Å². The van der Waals surface area contributed by atoms with Crippen molar-refractivity contribution in [1.29, 1.82) is 0 Å². The number of fused-ring (bicyclic) bond motifs is 15. The highest BCUT2D eigenvalue weighted by Gasteiger charge is 2.50. The molecule has 0 aliphatic carbocycles. The van der Waals surface area contributed by atoms with Crippen molar-refractivity contribution in [3.05, 3.63) is 191 Å². The fourth-order valence-corrected chi connectivity index (χ4v) is 21.2. The van der Waals surface area contributed by atoms with E-state index in [1.165, 1.54) is 100 Å². The highest BCUT2D eigenvalue weighted by Crippen LogP contribution is 2.52. The Morgan fingerprint density at radius 3 is 1.13 bits per heavy atom. The minimum Gasteiger partial charge on any atom is -0.455 e. The van der Waals surface area contributed by atoms with E-state index < -0.39 is 16.1 Å². The average molecular weight is 941 g/mol. The molecular formula is C64H56N2O2Si2. The van der Waals surface area contributed by atoms with Crippen LogP contribution in [0.15, 0.2) is 167 Å². The molecule has 2 aromatic heterocycles. The van der Waals surface area contributed by atoms with Gasteiger partial charge in [-0.3, -0.25) is 0 Å². The van der Waals surface area contributed by atoms with Gasteiger partial charge in [-0.15, -0.1) is 0 Å². The van der Waals surface area contributed by atoms with E-state index in [0.29, 0.717) is 0 Å². The first-order valence-corrected chi connectivity index (χ1v) is 30.8. The van der Waals surface area contributed by atoms with Crippen molar-refractivity contribution in [3.8, 4) is 22.3 Å². The van der Waals surface area contributed by atoms with Gasteiger partial charge in [-0.2, -0.15) is 0 Å². The summed E-state index contributed by atoms with van der Waals surface area (Å²) in [4.78, 5) is 5.05. The molecule has 0 bridgehead atoms. The van der Waals surface area contributed by atoms with E-state index in [2.05, 4.69) is 235 Å². The van der Waals surface area contributed by atoms with Crippen LogP contribution < -0.4 is 30.5 Å². The molecule has 342 valence electrons. The first-order chi connectivity index (χ1) is 33.7. The van der Waals surface area contributed by atoms with Crippen LogP contribution in [0, 0.1) is 41.5 Å². The molecule has 0 atom stereocenters. The molecular weight excluding hydrogens is 885 g/mol. The van der Waals surface area contributed by atoms with E-state index in [9.17, 15) is 0 Å². The number of nitrogens with zero attached hydrogens (tertiary/aromatic N) is 2. The largest absolute Gasteiger partial charge is 0.455 e. The van der Waals surface area contributed by atoms with Crippen LogP contribution in [0.1, 0.15) is 33.4 Å². The molecule has 9 aromatic carbocycles. The van der Waals surface area contributed by atoms with E-state index in [4.69, 9.17) is 8.83 Å². The molecule has 2 aliphatic heterocycles. The summed E-state index contributed by atoms with van der Waals surface area (Å²) in [6.45, 7) is 23.7. The van der Waals surface area contributed by atoms with E-state index in [-0.39, 0.29) is 0 Å². The summed E-state index contributed by atoms with van der Waals surface area (Å²) in [5.41, 5.74) is 23.5. The third kappa shape index (κ3) is 5.87. The predicted molar refractivity (Wildman–Crippen MR) is 303 cm³/mol. The molecule has 0 saturated heterocycles. The molecule has 0 unspecified atom stereocenters. The SMILES string of the molecule is Cc1ccc(N(c2ccccc2C)c2cc3c(c4oc5ccccc5c24)-c2ccc4c(c2[Si]3(C)C)[Si](C)(C)c2cc(N(c3ccccc3C)c3ccc(C)cc3C)c3c(oc5ccccc53)c2-4)c(C)c1. The van der Waals surface area contributed by atoms with Crippen molar-refractivity contribution >= 4 is 115 Å². The lowest BCUT2D eigenvalue weighted by Crippen LogP contribution is -2.63. The van der Waals surface area contributed by atoms with Crippen LogP contribution in [-0.2, 0) is 0 Å². The normalized spacial score (nSPS) is 14.1. The monoisotopic (exact) mass is 940 g/mol. The zero-order chi connectivity index (χ0) is 48.1. The second kappa shape index (κ2) is 15.1. The Morgan fingerprint density at radius 1 is 0.357 bits per heavy atom. The topological polar surface area (TPSA) is 32.8 Å². The van der Waals surface area contributed by atoms with Gasteiger partial charge in [0, 0.05) is 44.6 Å². The minimum absolute atomic E-state index is 0.913. The molecule has 0 N–H and O–H groups in total. The van der Waals surface area contributed by atoms with Crippen LogP contribution in [0.2, 0.25) is 26.2 Å². The fraction of sp³-hybridized carbons (Fsp3) is 0.156. The summed E-state index contributed by atoms with van der Waals surface area (Å²) in [5.74, 6) is 0. The third-order valence-electron chi connectivity index (χ3n) is 16.0. The lowest BCUT2D eigenvalue weighted by Gasteiger charge is -2.32. The quantitative estimate of drug-likeness (QED) is 0.156. The van der Waals surface area contributed by atoms with Crippen molar-refractivity contribution in [1.82, 2.24) is 0 Å². The molecule has 13 rings (SSSR count). The molecule has 4 heterocycles. The highest BCUT2D eigenvalue weighted by molar-refractivity contribution is 7.13. The van der Waals surface area contributed by atoms with Crippen LogP contribution in [0.5, 0.6) is 0 Å². The number of rotatable bonds is 6. The van der Waals surface area contributed by atoms with Crippen molar-refractivity contribution in [2.45, 2.75) is 67.7 Å². The third-order valence-corrected chi connectivity index (χ3v) is 23.3. The lowest BCUT2D eigenvalue weighted by molar-refractivity contribution is 0.670. The zero-order valence-electron chi connectivity index (χ0n) is 41.7. The molecule has 11 aromatic rings. The predicted octanol–water partition coefficient (Wildman–Crippen LogP) is 15.9. The molecule has 0 fully saturated rings. The van der Waals surface area contributed by atoms with Crippen molar-refractivity contribution < 1.29 is 8.83 Å². The van der Waals surface area contributed by atoms with Gasteiger partial charge in [-0.1, -0.05) is 147 Å². The van der Waals surface area contributed by atoms with Crippen LogP contribution in [-0.4, -0.2) is 16.1 Å². The number of hydrogen-bond donors (Lipinski definition) is 0. The lowest BCUT2D eigenvalue weighted by atomic mass is 9.95. The molecule has 0 spiro atoms. The van der Waals surface area contributed by atoms with Gasteiger partial charge >= 0.3 is 0 Å². The van der Waals surface area contributed by atoms with Crippen LogP contribution in [0.3, 0.4) is 0 Å². The maximum absolute atomic E-state index is 7.25. The number of anilines is 6. The number of aryl methyl sites for hydroxylation is 6. The highest BCUT2D eigenvalue weighted by atomic mass is 28.3. The standard InChI is InChI=1S/C64H56N2O2Si2/c1-37-27-31-49(41(5)33-37)65(47-23-15-11-19-39(47)3)51-35-55-59(61-57(51)43-21-13-17-25-53(43)67-61)45-29-30-46-60-56(70(9,10)64(46)63(45)69(55,7)8)36-52(58-44-22-14-18-26-54(44)68-62(58)60)66(48-24-16-12-20-40(48)4)50-32-28-38(2)34-42(50)6/h11-36H,1-10H3. The Morgan fingerprint density at radius 2 is 0.729 bits per heavy atom. The second-order valence-electron chi connectivity index (χ2n) is 21.2. The van der Waals surface area contributed by atoms with Crippen molar-refractivity contribution in [2.75, 3.05) is 9.80 Å². The second-order valence-corrected chi connectivity index (χ2v) is 29.8. The van der Waals surface area contributed by atoms with Gasteiger partial charge in [0.15, 0.2) is 0 Å². The first kappa shape index (κ1) is 42.7. The van der Waals surface area contributed by atoms with Crippen molar-refractivity contribution in [3.63, 3.8) is 0 Å². The van der Waals surface area contributed by atoms with Gasteiger partial charge in [-0.05, 0) is 144 Å². The number of furan rings is 2. The van der Waals surface area contributed by atoms with Crippen LogP contribution in [0.4, 0.5) is 34.1 Å². The van der Waals surface area contributed by atoms with Gasteiger partial charge in [0.05, 0.1) is 22.1 Å². The Balaban J connectivity index is 1.10. The maximum Gasteiger partial charge on any atom is 0.145 e. The van der Waals surface area contributed by atoms with Gasteiger partial charge in [0.2, 0.25) is 0 Å². The van der Waals surface area contributed by atoms with Gasteiger partial charge in [0.1, 0.15) is 38.5 Å². The summed E-state index contributed by atoms with van der Waals surface area (Å²) >= 11 is 0. The summed E-state index contributed by atoms with van der Waals surface area (Å²) in [6.07, 6.45) is 0. The van der Waals surface area contributed by atoms with E-state index in [1.807, 2.05) is 0 Å². The molecule has 4 nitrogen and oxygen atoms in total. The zero-order valence-corrected chi connectivity index (χ0v) is 43.7. The Hall–Kier alpha value is -7.39. The summed E-state index contributed by atoms with van der Waals surface area (Å²) < 4.78 is 14.5. The Kier molecular flexibility index (Phi) is 9.18. The minimum atomic E-state index is -2.50. The summed E-state index contributed by atoms with van der Waals surface area (Å²) in [5, 5.41) is 10.5. The van der Waals surface area contributed by atoms with Gasteiger partial charge < -0.3 is 18.6 Å². The first-order valence-electron chi connectivity index (χ1n) is 24.8. The van der Waals surface area contributed by atoms with Crippen LogP contribution in [0.25, 0.3) is 66.1 Å². The Labute approximate surface area is 412 Å². The number of benzene rings is 9. The fourth-order valence-electron chi connectivity index (χ4n) is 12.7. The smallest absolute Gasteiger partial charge is 0.145 e. The Bertz CT molecular complexity index is 3800. The number of para-hydroxylation sites is 4. The average Bonchev–Trinajstić information content (AvgIpc) is 4.04.